The van der Waals surface area contributed by atoms with Crippen molar-refractivity contribution in [3.63, 3.8) is 0 Å². The van der Waals surface area contributed by atoms with Crippen LogP contribution in [-0.4, -0.2) is 53.4 Å². The number of carbonyl (C=O) groups is 1. The van der Waals surface area contributed by atoms with E-state index in [0.717, 1.165) is 12.3 Å². The van der Waals surface area contributed by atoms with E-state index in [4.69, 9.17) is 10.2 Å². The smallest absolute Gasteiger partial charge is 0.352 e. The van der Waals surface area contributed by atoms with E-state index in [1.54, 1.807) is 0 Å². The lowest BCUT2D eigenvalue weighted by atomic mass is 10.1. The van der Waals surface area contributed by atoms with Crippen molar-refractivity contribution in [3.8, 4) is 0 Å². The number of hydrogen-bond donors (Lipinski definition) is 5. The van der Waals surface area contributed by atoms with E-state index in [9.17, 15) is 18.3 Å². The molecule has 0 amide bonds. The van der Waals surface area contributed by atoms with Gasteiger partial charge in [-0.3, -0.25) is 0 Å². The fourth-order valence-electron chi connectivity index (χ4n) is 1.04. The van der Waals surface area contributed by atoms with Crippen molar-refractivity contribution < 1.29 is 28.5 Å². The fourth-order valence-corrected chi connectivity index (χ4v) is 2.20. The molecule has 0 radical (unpaired) electrons. The summed E-state index contributed by atoms with van der Waals surface area (Å²) in [5.74, 6) is -1.28. The van der Waals surface area contributed by atoms with Crippen molar-refractivity contribution in [2.45, 2.75) is 17.4 Å². The number of sulfonamides is 1. The first-order valence-corrected chi connectivity index (χ1v) is 6.41. The van der Waals surface area contributed by atoms with Crippen LogP contribution in [0.3, 0.4) is 0 Å². The van der Waals surface area contributed by atoms with Gasteiger partial charge in [-0.25, -0.2) is 17.9 Å². The average Bonchev–Trinajstić information content (AvgIpc) is 2.77. The van der Waals surface area contributed by atoms with Crippen LogP contribution >= 0.6 is 0 Å². The molecule has 0 aliphatic rings. The molecule has 5 N–H and O–H groups in total. The predicted octanol–water partition coefficient (Wildman–Crippen LogP) is -1.27. The lowest BCUT2D eigenvalue weighted by Crippen LogP contribution is -2.43. The van der Waals surface area contributed by atoms with Crippen LogP contribution in [0.25, 0.3) is 0 Å². The quantitative estimate of drug-likeness (QED) is 0.440. The highest BCUT2D eigenvalue weighted by Crippen LogP contribution is 2.11. The molecular formula is C9H14N2O6S. The van der Waals surface area contributed by atoms with Crippen molar-refractivity contribution in [2.75, 3.05) is 13.2 Å². The van der Waals surface area contributed by atoms with Gasteiger partial charge in [-0.15, -0.1) is 0 Å². The first-order chi connectivity index (χ1) is 8.18. The van der Waals surface area contributed by atoms with Crippen LogP contribution in [-0.2, 0) is 10.0 Å². The van der Waals surface area contributed by atoms with Gasteiger partial charge in [-0.05, 0) is 13.0 Å². The third kappa shape index (κ3) is 3.53. The minimum atomic E-state index is -3.93. The van der Waals surface area contributed by atoms with Gasteiger partial charge < -0.3 is 20.3 Å². The number of hydrogen-bond acceptors (Lipinski definition) is 5. The van der Waals surface area contributed by atoms with Crippen LogP contribution in [0.1, 0.15) is 17.4 Å². The minimum absolute atomic E-state index is 0.256. The van der Waals surface area contributed by atoms with Gasteiger partial charge in [0.1, 0.15) is 10.6 Å². The summed E-state index contributed by atoms with van der Waals surface area (Å²) in [6, 6.07) is 0.957. The number of aliphatic hydroxyl groups excluding tert-OH is 1. The first-order valence-electron chi connectivity index (χ1n) is 4.92. The molecule has 18 heavy (non-hydrogen) atoms. The summed E-state index contributed by atoms with van der Waals surface area (Å²) in [6.45, 7) is 0.262. The maximum absolute atomic E-state index is 11.7. The standard InChI is InChI=1S/C9H14N2O6S/c1-9(15,5-12)4-11-18(16,17)6-2-7(8(13)14)10-3-6/h2-3,10-12,15H,4-5H2,1H3,(H,13,14). The van der Waals surface area contributed by atoms with Gasteiger partial charge in [0.05, 0.1) is 12.2 Å². The highest BCUT2D eigenvalue weighted by atomic mass is 32.2. The number of aliphatic hydroxyl groups is 2. The van der Waals surface area contributed by atoms with Crippen LogP contribution in [0.15, 0.2) is 17.2 Å². The molecule has 8 nitrogen and oxygen atoms in total. The highest BCUT2D eigenvalue weighted by molar-refractivity contribution is 7.89. The molecule has 0 saturated carbocycles. The Balaban J connectivity index is 2.83. The summed E-state index contributed by atoms with van der Waals surface area (Å²) in [5, 5.41) is 26.9. The molecule has 0 aromatic carbocycles. The lowest BCUT2D eigenvalue weighted by molar-refractivity contribution is 0.00681. The molecule has 102 valence electrons. The third-order valence-electron chi connectivity index (χ3n) is 2.18. The second-order valence-electron chi connectivity index (χ2n) is 4.03. The molecule has 1 rings (SSSR count). The molecule has 1 unspecified atom stereocenters. The Morgan fingerprint density at radius 1 is 1.56 bits per heavy atom. The van der Waals surface area contributed by atoms with Gasteiger partial charge in [-0.1, -0.05) is 0 Å². The van der Waals surface area contributed by atoms with Gasteiger partial charge in [0, 0.05) is 12.7 Å². The second-order valence-corrected chi connectivity index (χ2v) is 5.80. The summed E-state index contributed by atoms with van der Waals surface area (Å²) < 4.78 is 25.5. The first kappa shape index (κ1) is 14.6. The van der Waals surface area contributed by atoms with Crippen molar-refractivity contribution in [2.24, 2.45) is 0 Å². The number of aromatic carboxylic acids is 1. The molecule has 0 aliphatic heterocycles. The molecule has 1 heterocycles. The third-order valence-corrected chi connectivity index (χ3v) is 3.56. The Morgan fingerprint density at radius 3 is 2.61 bits per heavy atom. The number of carboxylic acids is 1. The van der Waals surface area contributed by atoms with Gasteiger partial charge in [0.15, 0.2) is 0 Å². The molecule has 0 spiro atoms. The van der Waals surface area contributed by atoms with Crippen LogP contribution in [0.2, 0.25) is 0 Å². The highest BCUT2D eigenvalue weighted by Gasteiger charge is 2.24. The summed E-state index contributed by atoms with van der Waals surface area (Å²) in [4.78, 5) is 12.6. The van der Waals surface area contributed by atoms with E-state index in [1.165, 1.54) is 6.92 Å². The Labute approximate surface area is 103 Å². The summed E-state index contributed by atoms with van der Waals surface area (Å²) in [6.07, 6.45) is 1.03. The van der Waals surface area contributed by atoms with E-state index >= 15 is 0 Å². The second kappa shape index (κ2) is 5.06. The van der Waals surface area contributed by atoms with Gasteiger partial charge >= 0.3 is 5.97 Å². The van der Waals surface area contributed by atoms with Crippen LogP contribution in [0.5, 0.6) is 0 Å². The molecule has 0 saturated heterocycles. The minimum Gasteiger partial charge on any atom is -0.477 e. The molecule has 1 atom stereocenters. The topological polar surface area (TPSA) is 140 Å². The summed E-state index contributed by atoms with van der Waals surface area (Å²) in [5.41, 5.74) is -1.84. The number of rotatable bonds is 6. The van der Waals surface area contributed by atoms with Crippen LogP contribution in [0.4, 0.5) is 0 Å². The molecule has 1 aromatic rings. The number of nitrogens with one attached hydrogen (secondary N) is 2. The largest absolute Gasteiger partial charge is 0.477 e. The van der Waals surface area contributed by atoms with Crippen LogP contribution in [0, 0.1) is 0 Å². The molecule has 0 fully saturated rings. The zero-order chi connectivity index (χ0) is 14.0. The maximum Gasteiger partial charge on any atom is 0.352 e. The fraction of sp³-hybridized carbons (Fsp3) is 0.444. The maximum atomic E-state index is 11.7. The Morgan fingerprint density at radius 2 is 2.17 bits per heavy atom. The van der Waals surface area contributed by atoms with E-state index in [1.807, 2.05) is 0 Å². The Bertz CT molecular complexity index is 533. The zero-order valence-corrected chi connectivity index (χ0v) is 10.4. The predicted molar refractivity (Wildman–Crippen MR) is 60.7 cm³/mol. The van der Waals surface area contributed by atoms with E-state index < -0.39 is 28.2 Å². The van der Waals surface area contributed by atoms with Crippen molar-refractivity contribution in [1.82, 2.24) is 9.71 Å². The van der Waals surface area contributed by atoms with E-state index in [0.29, 0.717) is 0 Å². The van der Waals surface area contributed by atoms with Gasteiger partial charge in [-0.2, -0.15) is 0 Å². The lowest BCUT2D eigenvalue weighted by Gasteiger charge is -2.20. The molecule has 1 aromatic heterocycles. The number of aromatic amines is 1. The SMILES string of the molecule is CC(O)(CO)CNS(=O)(=O)c1c[nH]c(C(=O)O)c1. The van der Waals surface area contributed by atoms with E-state index in [2.05, 4.69) is 9.71 Å². The molecule has 0 bridgehead atoms. The molecule has 9 heteroatoms. The molecule has 0 aliphatic carbocycles. The number of aromatic nitrogens is 1. The number of H-pyrrole nitrogens is 1. The molecular weight excluding hydrogens is 264 g/mol. The number of carboxylic acid groups (broad SMARTS) is 1. The summed E-state index contributed by atoms with van der Waals surface area (Å²) >= 11 is 0. The zero-order valence-electron chi connectivity index (χ0n) is 9.54. The van der Waals surface area contributed by atoms with Gasteiger partial charge in [0.2, 0.25) is 10.0 Å². The Hall–Kier alpha value is -1.42. The Kier molecular flexibility index (Phi) is 4.12. The summed E-state index contributed by atoms with van der Waals surface area (Å²) in [7, 11) is -3.93. The van der Waals surface area contributed by atoms with Crippen LogP contribution < -0.4 is 4.72 Å². The van der Waals surface area contributed by atoms with Crippen molar-refractivity contribution >= 4 is 16.0 Å². The average molecular weight is 278 g/mol. The normalized spacial score (nSPS) is 15.3. The van der Waals surface area contributed by atoms with Gasteiger partial charge in [0.25, 0.3) is 0 Å². The monoisotopic (exact) mass is 278 g/mol. The van der Waals surface area contributed by atoms with E-state index in [-0.39, 0.29) is 17.1 Å². The van der Waals surface area contributed by atoms with Crippen molar-refractivity contribution in [1.29, 1.82) is 0 Å². The van der Waals surface area contributed by atoms with Crippen molar-refractivity contribution in [3.05, 3.63) is 18.0 Å².